The van der Waals surface area contributed by atoms with E-state index in [0.717, 1.165) is 16.5 Å². The van der Waals surface area contributed by atoms with Crippen molar-refractivity contribution in [2.45, 2.75) is 25.4 Å². The highest BCUT2D eigenvalue weighted by atomic mass is 19.1. The number of hydrogen-bond acceptors (Lipinski definition) is 3. The normalized spacial score (nSPS) is 16.8. The lowest BCUT2D eigenvalue weighted by Crippen LogP contribution is -2.56. The highest BCUT2D eigenvalue weighted by molar-refractivity contribution is 5.89. The van der Waals surface area contributed by atoms with E-state index in [0.29, 0.717) is 32.6 Å². The summed E-state index contributed by atoms with van der Waals surface area (Å²) in [6.07, 6.45) is 0.643. The molecule has 1 aliphatic rings. The van der Waals surface area contributed by atoms with Crippen molar-refractivity contribution >= 4 is 22.6 Å². The van der Waals surface area contributed by atoms with Crippen molar-refractivity contribution in [3.05, 3.63) is 83.7 Å². The van der Waals surface area contributed by atoms with Gasteiger partial charge in [0.05, 0.1) is 12.5 Å². The molecule has 1 heterocycles. The zero-order chi connectivity index (χ0) is 21.6. The van der Waals surface area contributed by atoms with Crippen molar-refractivity contribution in [1.29, 1.82) is 0 Å². The van der Waals surface area contributed by atoms with Crippen LogP contribution in [0.3, 0.4) is 0 Å². The van der Waals surface area contributed by atoms with Crippen molar-refractivity contribution in [2.24, 2.45) is 0 Å². The molecular formula is C25H26FN3O2. The van der Waals surface area contributed by atoms with E-state index in [-0.39, 0.29) is 24.1 Å². The van der Waals surface area contributed by atoms with Crippen LogP contribution in [-0.2, 0) is 22.6 Å². The van der Waals surface area contributed by atoms with E-state index in [4.69, 9.17) is 0 Å². The van der Waals surface area contributed by atoms with E-state index in [1.165, 1.54) is 17.5 Å². The van der Waals surface area contributed by atoms with Crippen molar-refractivity contribution in [1.82, 2.24) is 15.5 Å². The van der Waals surface area contributed by atoms with Crippen LogP contribution in [0.25, 0.3) is 10.8 Å². The van der Waals surface area contributed by atoms with E-state index >= 15 is 0 Å². The first-order chi connectivity index (χ1) is 15.1. The Labute approximate surface area is 181 Å². The molecule has 6 heteroatoms. The molecule has 5 nitrogen and oxygen atoms in total. The molecule has 0 radical (unpaired) electrons. The number of hydrogen-bond donors (Lipinski definition) is 2. The number of piperazine rings is 1. The number of amides is 2. The first kappa shape index (κ1) is 21.0. The smallest absolute Gasteiger partial charge is 0.237 e. The molecule has 1 unspecified atom stereocenters. The number of rotatable bonds is 7. The van der Waals surface area contributed by atoms with Gasteiger partial charge < -0.3 is 10.6 Å². The van der Waals surface area contributed by atoms with Crippen molar-refractivity contribution in [2.75, 3.05) is 19.6 Å². The van der Waals surface area contributed by atoms with Crippen LogP contribution in [0.1, 0.15) is 17.5 Å². The van der Waals surface area contributed by atoms with Gasteiger partial charge in [-0.25, -0.2) is 4.39 Å². The van der Waals surface area contributed by atoms with Crippen LogP contribution in [-0.4, -0.2) is 42.4 Å². The molecule has 1 fully saturated rings. The van der Waals surface area contributed by atoms with E-state index in [1.54, 1.807) is 6.07 Å². The molecule has 1 atom stereocenters. The summed E-state index contributed by atoms with van der Waals surface area (Å²) < 4.78 is 13.3. The van der Waals surface area contributed by atoms with E-state index in [1.807, 2.05) is 18.2 Å². The molecule has 31 heavy (non-hydrogen) atoms. The second-order valence-electron chi connectivity index (χ2n) is 7.89. The molecule has 0 saturated carbocycles. The van der Waals surface area contributed by atoms with Gasteiger partial charge in [-0.15, -0.1) is 0 Å². The van der Waals surface area contributed by atoms with Gasteiger partial charge in [-0.3, -0.25) is 14.5 Å². The van der Waals surface area contributed by atoms with Gasteiger partial charge in [-0.05, 0) is 46.5 Å². The fourth-order valence-electron chi connectivity index (χ4n) is 4.03. The minimum Gasteiger partial charge on any atom is -0.356 e. The summed E-state index contributed by atoms with van der Waals surface area (Å²) in [7, 11) is 0. The molecule has 0 aliphatic carbocycles. The SMILES string of the molecule is O=C(CC1C(=O)NCCN1Cc1ccc2ccccc2c1)NCCc1cccc(F)c1. The third-order valence-electron chi connectivity index (χ3n) is 5.64. The molecule has 1 saturated heterocycles. The lowest BCUT2D eigenvalue weighted by molar-refractivity contribution is -0.134. The van der Waals surface area contributed by atoms with Crippen LogP contribution < -0.4 is 10.6 Å². The summed E-state index contributed by atoms with van der Waals surface area (Å²) >= 11 is 0. The van der Waals surface area contributed by atoms with Gasteiger partial charge in [-0.1, -0.05) is 48.5 Å². The quantitative estimate of drug-likeness (QED) is 0.619. The Morgan fingerprint density at radius 3 is 2.71 bits per heavy atom. The maximum absolute atomic E-state index is 13.3. The van der Waals surface area contributed by atoms with Crippen molar-refractivity contribution in [3.8, 4) is 0 Å². The predicted octanol–water partition coefficient (Wildman–Crippen LogP) is 3.03. The lowest BCUT2D eigenvalue weighted by Gasteiger charge is -2.34. The van der Waals surface area contributed by atoms with Crippen LogP contribution in [0, 0.1) is 5.82 Å². The highest BCUT2D eigenvalue weighted by Crippen LogP contribution is 2.19. The zero-order valence-corrected chi connectivity index (χ0v) is 17.3. The second kappa shape index (κ2) is 9.71. The third-order valence-corrected chi connectivity index (χ3v) is 5.64. The summed E-state index contributed by atoms with van der Waals surface area (Å²) in [6.45, 7) is 2.28. The molecule has 0 bridgehead atoms. The molecule has 2 amide bonds. The first-order valence-corrected chi connectivity index (χ1v) is 10.6. The van der Waals surface area contributed by atoms with Gasteiger partial charge in [0.1, 0.15) is 5.82 Å². The summed E-state index contributed by atoms with van der Waals surface area (Å²) in [4.78, 5) is 27.1. The number of fused-ring (bicyclic) bond motifs is 1. The molecule has 0 spiro atoms. The first-order valence-electron chi connectivity index (χ1n) is 10.6. The van der Waals surface area contributed by atoms with Crippen LogP contribution >= 0.6 is 0 Å². The Kier molecular flexibility index (Phi) is 6.57. The highest BCUT2D eigenvalue weighted by Gasteiger charge is 2.31. The third kappa shape index (κ3) is 5.47. The van der Waals surface area contributed by atoms with E-state index < -0.39 is 6.04 Å². The van der Waals surface area contributed by atoms with Gasteiger partial charge in [0.2, 0.25) is 11.8 Å². The zero-order valence-electron chi connectivity index (χ0n) is 17.3. The summed E-state index contributed by atoms with van der Waals surface area (Å²) in [5.41, 5.74) is 1.94. The summed E-state index contributed by atoms with van der Waals surface area (Å²) in [5, 5.41) is 8.07. The number of halogens is 1. The summed E-state index contributed by atoms with van der Waals surface area (Å²) in [6, 6.07) is 20.3. The van der Waals surface area contributed by atoms with Gasteiger partial charge in [-0.2, -0.15) is 0 Å². The molecular weight excluding hydrogens is 393 g/mol. The van der Waals surface area contributed by atoms with Gasteiger partial charge in [0, 0.05) is 26.2 Å². The Hall–Kier alpha value is -3.25. The maximum atomic E-state index is 13.3. The molecule has 3 aromatic rings. The molecule has 160 valence electrons. The van der Waals surface area contributed by atoms with Crippen LogP contribution in [0.5, 0.6) is 0 Å². The average Bonchev–Trinajstić information content (AvgIpc) is 2.76. The number of nitrogens with zero attached hydrogens (tertiary/aromatic N) is 1. The Balaban J connectivity index is 1.36. The minimum atomic E-state index is -0.505. The molecule has 2 N–H and O–H groups in total. The molecule has 4 rings (SSSR count). The topological polar surface area (TPSA) is 61.4 Å². The average molecular weight is 420 g/mol. The van der Waals surface area contributed by atoms with Crippen molar-refractivity contribution < 1.29 is 14.0 Å². The van der Waals surface area contributed by atoms with E-state index in [9.17, 15) is 14.0 Å². The fraction of sp³-hybridized carbons (Fsp3) is 0.280. The van der Waals surface area contributed by atoms with Gasteiger partial charge in [0.15, 0.2) is 0 Å². The van der Waals surface area contributed by atoms with Crippen LogP contribution in [0.2, 0.25) is 0 Å². The largest absolute Gasteiger partial charge is 0.356 e. The Morgan fingerprint density at radius 2 is 1.87 bits per heavy atom. The molecule has 1 aliphatic heterocycles. The predicted molar refractivity (Wildman–Crippen MR) is 119 cm³/mol. The fourth-order valence-corrected chi connectivity index (χ4v) is 4.03. The minimum absolute atomic E-state index is 0.0998. The Morgan fingerprint density at radius 1 is 1.03 bits per heavy atom. The van der Waals surface area contributed by atoms with Crippen LogP contribution in [0.4, 0.5) is 4.39 Å². The summed E-state index contributed by atoms with van der Waals surface area (Å²) in [5.74, 6) is -0.582. The monoisotopic (exact) mass is 419 g/mol. The number of carbonyl (C=O) groups is 2. The van der Waals surface area contributed by atoms with Crippen LogP contribution in [0.15, 0.2) is 66.7 Å². The van der Waals surface area contributed by atoms with Crippen molar-refractivity contribution in [3.63, 3.8) is 0 Å². The molecule has 0 aromatic heterocycles. The lowest BCUT2D eigenvalue weighted by atomic mass is 10.0. The standard InChI is InChI=1S/C25H26FN3O2/c26-22-7-3-4-18(15-22)10-11-27-24(30)16-23-25(31)28-12-13-29(23)17-19-8-9-20-5-1-2-6-21(20)14-19/h1-9,14-15,23H,10-13,16-17H2,(H,27,30)(H,28,31). The second-order valence-corrected chi connectivity index (χ2v) is 7.89. The maximum Gasteiger partial charge on any atom is 0.237 e. The van der Waals surface area contributed by atoms with Gasteiger partial charge in [0.25, 0.3) is 0 Å². The molecule has 3 aromatic carbocycles. The number of benzene rings is 3. The Bertz CT molecular complexity index is 1090. The van der Waals surface area contributed by atoms with E-state index in [2.05, 4.69) is 45.9 Å². The van der Waals surface area contributed by atoms with Gasteiger partial charge >= 0.3 is 0 Å². The number of nitrogens with one attached hydrogen (secondary N) is 2. The number of carbonyl (C=O) groups excluding carboxylic acids is 2.